The SMILES string of the molecule is Cc1c(CCl)c(-c2ccccc2)c(C)c2ccccc12. The molecular formula is C19H17Cl. The Kier molecular flexibility index (Phi) is 3.50. The molecule has 0 amide bonds. The fourth-order valence-corrected chi connectivity index (χ4v) is 3.34. The van der Waals surface area contributed by atoms with Crippen molar-refractivity contribution in [2.24, 2.45) is 0 Å². The van der Waals surface area contributed by atoms with Gasteiger partial charge in [0.05, 0.1) is 0 Å². The Morgan fingerprint density at radius 1 is 0.750 bits per heavy atom. The van der Waals surface area contributed by atoms with E-state index in [2.05, 4.69) is 62.4 Å². The third-order valence-electron chi connectivity index (χ3n) is 4.06. The number of fused-ring (bicyclic) bond motifs is 1. The van der Waals surface area contributed by atoms with Gasteiger partial charge in [0, 0.05) is 5.88 Å². The van der Waals surface area contributed by atoms with Crippen LogP contribution in [-0.2, 0) is 5.88 Å². The van der Waals surface area contributed by atoms with Crippen molar-refractivity contribution >= 4 is 22.4 Å². The summed E-state index contributed by atoms with van der Waals surface area (Å²) < 4.78 is 0. The summed E-state index contributed by atoms with van der Waals surface area (Å²) in [5.41, 5.74) is 6.38. The van der Waals surface area contributed by atoms with Gasteiger partial charge in [0.2, 0.25) is 0 Å². The maximum atomic E-state index is 6.26. The van der Waals surface area contributed by atoms with Crippen LogP contribution in [-0.4, -0.2) is 0 Å². The van der Waals surface area contributed by atoms with Crippen LogP contribution in [0.25, 0.3) is 21.9 Å². The van der Waals surface area contributed by atoms with E-state index in [1.165, 1.54) is 38.6 Å². The first-order valence-electron chi connectivity index (χ1n) is 6.86. The van der Waals surface area contributed by atoms with Gasteiger partial charge in [-0.05, 0) is 52.4 Å². The summed E-state index contributed by atoms with van der Waals surface area (Å²) in [5, 5.41) is 2.62. The fourth-order valence-electron chi connectivity index (χ4n) is 3.01. The number of benzene rings is 3. The van der Waals surface area contributed by atoms with Crippen LogP contribution in [0.5, 0.6) is 0 Å². The van der Waals surface area contributed by atoms with Crippen LogP contribution in [0, 0.1) is 13.8 Å². The third kappa shape index (κ3) is 2.01. The van der Waals surface area contributed by atoms with E-state index in [0.717, 1.165) is 0 Å². The molecule has 0 unspecified atom stereocenters. The molecule has 3 rings (SSSR count). The smallest absolute Gasteiger partial charge is 0.0483 e. The molecule has 100 valence electrons. The van der Waals surface area contributed by atoms with E-state index < -0.39 is 0 Å². The Hall–Kier alpha value is -1.79. The van der Waals surface area contributed by atoms with Crippen molar-refractivity contribution in [3.8, 4) is 11.1 Å². The van der Waals surface area contributed by atoms with Gasteiger partial charge in [-0.2, -0.15) is 0 Å². The summed E-state index contributed by atoms with van der Waals surface area (Å²) in [6, 6.07) is 19.1. The van der Waals surface area contributed by atoms with E-state index in [4.69, 9.17) is 11.6 Å². The second-order valence-electron chi connectivity index (χ2n) is 5.15. The molecule has 0 atom stereocenters. The van der Waals surface area contributed by atoms with Gasteiger partial charge in [-0.25, -0.2) is 0 Å². The highest BCUT2D eigenvalue weighted by Gasteiger charge is 2.14. The minimum Gasteiger partial charge on any atom is -0.122 e. The number of rotatable bonds is 2. The van der Waals surface area contributed by atoms with Crippen molar-refractivity contribution < 1.29 is 0 Å². The number of hydrogen-bond donors (Lipinski definition) is 0. The molecule has 3 aromatic rings. The molecule has 0 saturated heterocycles. The molecule has 1 heteroatoms. The minimum absolute atomic E-state index is 0.543. The summed E-state index contributed by atoms with van der Waals surface area (Å²) in [5.74, 6) is 0.543. The standard InChI is InChI=1S/C19H17Cl/c1-13-16-10-6-7-11-17(16)14(2)19(18(13)12-20)15-8-4-3-5-9-15/h3-11H,12H2,1-2H3. The molecule has 20 heavy (non-hydrogen) atoms. The minimum atomic E-state index is 0.543. The first kappa shape index (κ1) is 13.2. The summed E-state index contributed by atoms with van der Waals surface area (Å²) in [6.07, 6.45) is 0. The second-order valence-corrected chi connectivity index (χ2v) is 5.42. The van der Waals surface area contributed by atoms with Crippen LogP contribution in [0.3, 0.4) is 0 Å². The molecule has 0 spiro atoms. The van der Waals surface area contributed by atoms with Gasteiger partial charge in [-0.15, -0.1) is 11.6 Å². The van der Waals surface area contributed by atoms with Gasteiger partial charge in [0.25, 0.3) is 0 Å². The van der Waals surface area contributed by atoms with Crippen molar-refractivity contribution in [3.05, 3.63) is 71.3 Å². The van der Waals surface area contributed by atoms with Crippen LogP contribution in [0.4, 0.5) is 0 Å². The van der Waals surface area contributed by atoms with Crippen molar-refractivity contribution in [3.63, 3.8) is 0 Å². The molecular weight excluding hydrogens is 264 g/mol. The normalized spacial score (nSPS) is 10.9. The molecule has 0 aliphatic carbocycles. The zero-order chi connectivity index (χ0) is 14.1. The molecule has 0 aromatic heterocycles. The lowest BCUT2D eigenvalue weighted by Crippen LogP contribution is -1.97. The van der Waals surface area contributed by atoms with Crippen LogP contribution in [0.1, 0.15) is 16.7 Å². The zero-order valence-corrected chi connectivity index (χ0v) is 12.5. The largest absolute Gasteiger partial charge is 0.122 e. The number of halogens is 1. The summed E-state index contributed by atoms with van der Waals surface area (Å²) in [6.45, 7) is 4.37. The summed E-state index contributed by atoms with van der Waals surface area (Å²) >= 11 is 6.26. The van der Waals surface area contributed by atoms with Crippen molar-refractivity contribution in [1.82, 2.24) is 0 Å². The lowest BCUT2D eigenvalue weighted by atomic mass is 9.87. The van der Waals surface area contributed by atoms with E-state index in [0.29, 0.717) is 5.88 Å². The first-order chi connectivity index (χ1) is 9.74. The molecule has 0 aliphatic rings. The third-order valence-corrected chi connectivity index (χ3v) is 4.33. The van der Waals surface area contributed by atoms with Crippen molar-refractivity contribution in [1.29, 1.82) is 0 Å². The molecule has 0 radical (unpaired) electrons. The van der Waals surface area contributed by atoms with Crippen LogP contribution in [0.15, 0.2) is 54.6 Å². The van der Waals surface area contributed by atoms with Crippen molar-refractivity contribution in [2.75, 3.05) is 0 Å². The topological polar surface area (TPSA) is 0 Å². The highest BCUT2D eigenvalue weighted by molar-refractivity contribution is 6.18. The average molecular weight is 281 g/mol. The van der Waals surface area contributed by atoms with E-state index in [1.807, 2.05) is 6.07 Å². The monoisotopic (exact) mass is 280 g/mol. The predicted molar refractivity (Wildman–Crippen MR) is 88.4 cm³/mol. The van der Waals surface area contributed by atoms with Gasteiger partial charge in [0.1, 0.15) is 0 Å². The molecule has 0 nitrogen and oxygen atoms in total. The van der Waals surface area contributed by atoms with Gasteiger partial charge in [0.15, 0.2) is 0 Å². The van der Waals surface area contributed by atoms with E-state index in [9.17, 15) is 0 Å². The first-order valence-corrected chi connectivity index (χ1v) is 7.39. The molecule has 0 fully saturated rings. The Labute approximate surface area is 125 Å². The Morgan fingerprint density at radius 3 is 1.90 bits per heavy atom. The number of aryl methyl sites for hydroxylation is 2. The Bertz CT molecular complexity index is 758. The molecule has 0 bridgehead atoms. The lowest BCUT2D eigenvalue weighted by molar-refractivity contribution is 1.30. The average Bonchev–Trinajstić information content (AvgIpc) is 2.51. The molecule has 0 aliphatic heterocycles. The van der Waals surface area contributed by atoms with Crippen LogP contribution < -0.4 is 0 Å². The molecule has 3 aromatic carbocycles. The number of alkyl halides is 1. The van der Waals surface area contributed by atoms with E-state index >= 15 is 0 Å². The number of hydrogen-bond acceptors (Lipinski definition) is 0. The maximum Gasteiger partial charge on any atom is 0.0483 e. The Morgan fingerprint density at radius 2 is 1.30 bits per heavy atom. The van der Waals surface area contributed by atoms with Gasteiger partial charge in [-0.3, -0.25) is 0 Å². The fraction of sp³-hybridized carbons (Fsp3) is 0.158. The molecule has 0 heterocycles. The van der Waals surface area contributed by atoms with Gasteiger partial charge in [-0.1, -0.05) is 54.6 Å². The van der Waals surface area contributed by atoms with Crippen LogP contribution >= 0.6 is 11.6 Å². The van der Waals surface area contributed by atoms with Crippen LogP contribution in [0.2, 0.25) is 0 Å². The second kappa shape index (κ2) is 5.30. The maximum absolute atomic E-state index is 6.26. The van der Waals surface area contributed by atoms with Gasteiger partial charge < -0.3 is 0 Å². The summed E-state index contributed by atoms with van der Waals surface area (Å²) in [4.78, 5) is 0. The van der Waals surface area contributed by atoms with E-state index in [1.54, 1.807) is 0 Å². The highest BCUT2D eigenvalue weighted by atomic mass is 35.5. The Balaban J connectivity index is 2.45. The van der Waals surface area contributed by atoms with Gasteiger partial charge >= 0.3 is 0 Å². The highest BCUT2D eigenvalue weighted by Crippen LogP contribution is 2.37. The quantitative estimate of drug-likeness (QED) is 0.516. The lowest BCUT2D eigenvalue weighted by Gasteiger charge is -2.18. The summed E-state index contributed by atoms with van der Waals surface area (Å²) in [7, 11) is 0. The molecule has 0 saturated carbocycles. The van der Waals surface area contributed by atoms with Crippen molar-refractivity contribution in [2.45, 2.75) is 19.7 Å². The molecule has 0 N–H and O–H groups in total. The predicted octanol–water partition coefficient (Wildman–Crippen LogP) is 5.86. The zero-order valence-electron chi connectivity index (χ0n) is 11.8. The van der Waals surface area contributed by atoms with E-state index in [-0.39, 0.29) is 0 Å².